The lowest BCUT2D eigenvalue weighted by atomic mass is 10.1. The summed E-state index contributed by atoms with van der Waals surface area (Å²) in [6.45, 7) is 2.14. The van der Waals surface area contributed by atoms with Crippen molar-refractivity contribution in [1.82, 2.24) is 4.98 Å². The highest BCUT2D eigenvalue weighted by Gasteiger charge is 2.06. The van der Waals surface area contributed by atoms with Crippen LogP contribution in [0.1, 0.15) is 25.3 Å². The van der Waals surface area contributed by atoms with Gasteiger partial charge in [-0.25, -0.2) is 0 Å². The van der Waals surface area contributed by atoms with Crippen LogP contribution in [-0.4, -0.2) is 4.98 Å². The van der Waals surface area contributed by atoms with Crippen LogP contribution in [0.2, 0.25) is 0 Å². The van der Waals surface area contributed by atoms with Crippen LogP contribution in [0.25, 0.3) is 10.9 Å². The molecule has 15 heavy (non-hydrogen) atoms. The number of H-pyrrole nitrogens is 1. The summed E-state index contributed by atoms with van der Waals surface area (Å²) in [6, 6.07) is 5.76. The fourth-order valence-corrected chi connectivity index (χ4v) is 1.78. The maximum absolute atomic E-state index is 12.3. The number of unbranched alkanes of at least 4 members (excludes halogenated alkanes) is 1. The molecule has 2 nitrogen and oxygen atoms in total. The van der Waals surface area contributed by atoms with E-state index in [9.17, 15) is 4.53 Å². The molecule has 0 saturated heterocycles. The number of hydrogen-bond donors (Lipinski definition) is 1. The van der Waals surface area contributed by atoms with E-state index >= 15 is 0 Å². The van der Waals surface area contributed by atoms with Crippen molar-refractivity contribution in [2.75, 3.05) is 0 Å². The van der Waals surface area contributed by atoms with Gasteiger partial charge in [-0.1, -0.05) is 13.3 Å². The molecule has 0 radical (unpaired) electrons. The topological polar surface area (TPSA) is 25.0 Å². The second-order valence-electron chi connectivity index (χ2n) is 3.72. The molecule has 1 heterocycles. The minimum atomic E-state index is 0.281. The van der Waals surface area contributed by atoms with Gasteiger partial charge in [0.25, 0.3) is 0 Å². The fraction of sp³-hybridized carbons (Fsp3) is 0.333. The van der Waals surface area contributed by atoms with Gasteiger partial charge in [0, 0.05) is 16.1 Å². The summed E-state index contributed by atoms with van der Waals surface area (Å²) in [6.07, 6.45) is 5.00. The van der Waals surface area contributed by atoms with E-state index in [1.807, 2.05) is 6.07 Å². The van der Waals surface area contributed by atoms with Gasteiger partial charge in [-0.15, -0.1) is 0 Å². The summed E-state index contributed by atoms with van der Waals surface area (Å²) >= 11 is 0. The average Bonchev–Trinajstić information content (AvgIpc) is 2.73. The number of fused-ring (bicyclic) bond motifs is 1. The third-order valence-electron chi connectivity index (χ3n) is 2.59. The molecule has 2 aromatic rings. The third kappa shape index (κ3) is 1.96. The van der Waals surface area contributed by atoms with Gasteiger partial charge >= 0.3 is 0 Å². The summed E-state index contributed by atoms with van der Waals surface area (Å²) in [5.41, 5.74) is 1.84. The number of aryl methyl sites for hydroxylation is 1. The highest BCUT2D eigenvalue weighted by atomic mass is 19.3. The molecule has 0 saturated carbocycles. The van der Waals surface area contributed by atoms with E-state index in [1.54, 1.807) is 12.3 Å². The second-order valence-corrected chi connectivity index (χ2v) is 3.72. The van der Waals surface area contributed by atoms with Crippen molar-refractivity contribution < 1.29 is 9.47 Å². The number of hydrogen-bond acceptors (Lipinski definition) is 1. The van der Waals surface area contributed by atoms with Crippen molar-refractivity contribution in [3.05, 3.63) is 30.0 Å². The van der Waals surface area contributed by atoms with E-state index in [0.29, 0.717) is 0 Å². The predicted molar refractivity (Wildman–Crippen MR) is 58.6 cm³/mol. The Kier molecular flexibility index (Phi) is 2.90. The number of rotatable bonds is 4. The first-order chi connectivity index (χ1) is 7.35. The monoisotopic (exact) mass is 207 g/mol. The zero-order valence-corrected chi connectivity index (χ0v) is 8.72. The zero-order chi connectivity index (χ0) is 10.7. The van der Waals surface area contributed by atoms with Crippen LogP contribution in [0.3, 0.4) is 0 Å². The van der Waals surface area contributed by atoms with E-state index in [-0.39, 0.29) is 5.75 Å². The lowest BCUT2D eigenvalue weighted by Gasteiger charge is -2.03. The Balaban J connectivity index is 2.40. The lowest BCUT2D eigenvalue weighted by Crippen LogP contribution is -1.87. The quantitative estimate of drug-likeness (QED) is 0.811. The molecule has 0 aliphatic carbocycles. The summed E-state index contributed by atoms with van der Waals surface area (Å²) in [7, 11) is 0. The van der Waals surface area contributed by atoms with E-state index < -0.39 is 0 Å². The van der Waals surface area contributed by atoms with Crippen LogP contribution >= 0.6 is 0 Å². The average molecular weight is 207 g/mol. The molecule has 1 N–H and O–H groups in total. The standard InChI is InChI=1S/C12H14FNO/c1-2-3-4-9-7-10-5-6-14-12(10)11(8-9)15-13/h5-8,14H,2-4H2,1H3. The minimum Gasteiger partial charge on any atom is -0.358 e. The smallest absolute Gasteiger partial charge is 0.196 e. The van der Waals surface area contributed by atoms with Gasteiger partial charge in [0.05, 0.1) is 5.52 Å². The maximum atomic E-state index is 12.3. The van der Waals surface area contributed by atoms with E-state index in [4.69, 9.17) is 0 Å². The molecule has 80 valence electrons. The molecule has 0 spiro atoms. The Morgan fingerprint density at radius 3 is 3.00 bits per heavy atom. The summed E-state index contributed by atoms with van der Waals surface area (Å²) in [4.78, 5) is 6.83. The van der Waals surface area contributed by atoms with Crippen molar-refractivity contribution in [3.8, 4) is 5.75 Å². The first-order valence-corrected chi connectivity index (χ1v) is 5.23. The van der Waals surface area contributed by atoms with Crippen LogP contribution in [-0.2, 0) is 6.42 Å². The van der Waals surface area contributed by atoms with Gasteiger partial charge in [-0.05, 0) is 36.6 Å². The van der Waals surface area contributed by atoms with Gasteiger partial charge in [0.15, 0.2) is 5.75 Å². The molecule has 2 rings (SSSR count). The summed E-state index contributed by atoms with van der Waals surface area (Å²) < 4.78 is 12.3. The molecular formula is C12H14FNO. The number of halogens is 1. The van der Waals surface area contributed by atoms with Crippen molar-refractivity contribution in [3.63, 3.8) is 0 Å². The van der Waals surface area contributed by atoms with Crippen molar-refractivity contribution in [2.24, 2.45) is 0 Å². The lowest BCUT2D eigenvalue weighted by molar-refractivity contribution is -0.00452. The molecule has 1 aromatic carbocycles. The van der Waals surface area contributed by atoms with E-state index in [0.717, 1.165) is 35.7 Å². The Bertz CT molecular complexity index is 450. The van der Waals surface area contributed by atoms with Gasteiger partial charge in [0.1, 0.15) is 0 Å². The van der Waals surface area contributed by atoms with Crippen molar-refractivity contribution in [2.45, 2.75) is 26.2 Å². The molecule has 1 aromatic heterocycles. The Labute approximate surface area is 88.0 Å². The Morgan fingerprint density at radius 1 is 1.40 bits per heavy atom. The van der Waals surface area contributed by atoms with E-state index in [1.165, 1.54) is 0 Å². The molecule has 0 aliphatic heterocycles. The van der Waals surface area contributed by atoms with Gasteiger partial charge in [-0.3, -0.25) is 4.94 Å². The minimum absolute atomic E-state index is 0.281. The highest BCUT2D eigenvalue weighted by Crippen LogP contribution is 2.27. The van der Waals surface area contributed by atoms with Crippen molar-refractivity contribution in [1.29, 1.82) is 0 Å². The number of benzene rings is 1. The highest BCUT2D eigenvalue weighted by molar-refractivity contribution is 5.85. The molecule has 0 fully saturated rings. The number of aromatic amines is 1. The van der Waals surface area contributed by atoms with Crippen LogP contribution in [0, 0.1) is 0 Å². The van der Waals surface area contributed by atoms with Gasteiger partial charge in [-0.2, -0.15) is 0 Å². The Hall–Kier alpha value is -1.51. The SMILES string of the molecule is CCCCc1cc(OF)c2[nH]ccc2c1. The zero-order valence-electron chi connectivity index (χ0n) is 8.72. The maximum Gasteiger partial charge on any atom is 0.196 e. The van der Waals surface area contributed by atoms with Gasteiger partial charge < -0.3 is 4.98 Å². The van der Waals surface area contributed by atoms with Crippen molar-refractivity contribution >= 4 is 10.9 Å². The second kappa shape index (κ2) is 4.34. The fourth-order valence-electron chi connectivity index (χ4n) is 1.78. The molecule has 0 bridgehead atoms. The first-order valence-electron chi connectivity index (χ1n) is 5.23. The summed E-state index contributed by atoms with van der Waals surface area (Å²) in [5, 5.41) is 0.997. The molecule has 0 aliphatic rings. The Morgan fingerprint density at radius 2 is 2.27 bits per heavy atom. The summed E-state index contributed by atoms with van der Waals surface area (Å²) in [5.74, 6) is 0.281. The molecule has 0 atom stereocenters. The first kappa shape index (κ1) is 10.0. The van der Waals surface area contributed by atoms with Crippen LogP contribution in [0.4, 0.5) is 4.53 Å². The molecule has 0 unspecified atom stereocenters. The third-order valence-corrected chi connectivity index (χ3v) is 2.59. The largest absolute Gasteiger partial charge is 0.358 e. The predicted octanol–water partition coefficient (Wildman–Crippen LogP) is 3.77. The van der Waals surface area contributed by atoms with Crippen LogP contribution < -0.4 is 4.94 Å². The number of aromatic nitrogens is 1. The number of nitrogens with one attached hydrogen (secondary N) is 1. The van der Waals surface area contributed by atoms with Crippen LogP contribution in [0.15, 0.2) is 24.4 Å². The molecular weight excluding hydrogens is 193 g/mol. The molecule has 0 amide bonds. The van der Waals surface area contributed by atoms with Gasteiger partial charge in [0.2, 0.25) is 0 Å². The molecule has 3 heteroatoms. The van der Waals surface area contributed by atoms with E-state index in [2.05, 4.69) is 22.9 Å². The van der Waals surface area contributed by atoms with Crippen LogP contribution in [0.5, 0.6) is 5.75 Å². The normalized spacial score (nSPS) is 10.8.